The topological polar surface area (TPSA) is 88.4 Å². The first-order chi connectivity index (χ1) is 21.3. The van der Waals surface area contributed by atoms with E-state index in [9.17, 15) is 14.0 Å². The highest BCUT2D eigenvalue weighted by Crippen LogP contribution is 2.36. The van der Waals surface area contributed by atoms with Gasteiger partial charge < -0.3 is 18.9 Å². The molecular weight excluding hydrogens is 583 g/mol. The van der Waals surface area contributed by atoms with Crippen LogP contribution >= 0.6 is 11.3 Å². The van der Waals surface area contributed by atoms with Crippen LogP contribution < -0.4 is 29.1 Å². The second-order valence-electron chi connectivity index (χ2n) is 9.83. The highest BCUT2D eigenvalue weighted by molar-refractivity contribution is 7.07. The van der Waals surface area contributed by atoms with Gasteiger partial charge in [0.05, 0.1) is 41.7 Å². The number of nitrogens with zero attached hydrogens (tertiary/aromatic N) is 2. The van der Waals surface area contributed by atoms with Crippen LogP contribution in [0.4, 0.5) is 4.39 Å². The summed E-state index contributed by atoms with van der Waals surface area (Å²) in [5.74, 6) is 0.739. The fraction of sp³-hybridized carbons (Fsp3) is 0.265. The van der Waals surface area contributed by atoms with Crippen molar-refractivity contribution >= 4 is 23.4 Å². The van der Waals surface area contributed by atoms with Gasteiger partial charge in [-0.1, -0.05) is 47.7 Å². The van der Waals surface area contributed by atoms with E-state index in [-0.39, 0.29) is 30.2 Å². The number of halogens is 1. The molecule has 0 aliphatic carbocycles. The maximum absolute atomic E-state index is 14.1. The summed E-state index contributed by atoms with van der Waals surface area (Å²) in [7, 11) is 0. The Morgan fingerprint density at radius 3 is 2.48 bits per heavy atom. The monoisotopic (exact) mass is 616 g/mol. The van der Waals surface area contributed by atoms with E-state index in [0.29, 0.717) is 56.6 Å². The number of hydrogen-bond donors (Lipinski definition) is 0. The Kier molecular flexibility index (Phi) is 9.59. The van der Waals surface area contributed by atoms with Gasteiger partial charge in [-0.25, -0.2) is 14.2 Å². The number of esters is 1. The van der Waals surface area contributed by atoms with Crippen molar-refractivity contribution in [3.8, 4) is 17.2 Å². The lowest BCUT2D eigenvalue weighted by Gasteiger charge is -2.25. The van der Waals surface area contributed by atoms with E-state index in [0.717, 1.165) is 5.56 Å². The molecule has 228 valence electrons. The molecule has 0 unspecified atom stereocenters. The zero-order valence-electron chi connectivity index (χ0n) is 25.0. The molecule has 8 nitrogen and oxygen atoms in total. The Hall–Kier alpha value is -4.70. The largest absolute Gasteiger partial charge is 0.490 e. The summed E-state index contributed by atoms with van der Waals surface area (Å²) in [5.41, 5.74) is 2.26. The molecule has 1 aliphatic rings. The van der Waals surface area contributed by atoms with Crippen molar-refractivity contribution < 1.29 is 28.1 Å². The number of rotatable bonds is 11. The van der Waals surface area contributed by atoms with Gasteiger partial charge in [-0.3, -0.25) is 9.36 Å². The number of hydrogen-bond acceptors (Lipinski definition) is 8. The highest BCUT2D eigenvalue weighted by atomic mass is 32.1. The third-order valence-electron chi connectivity index (χ3n) is 6.91. The van der Waals surface area contributed by atoms with Crippen LogP contribution in [0.25, 0.3) is 6.08 Å². The fourth-order valence-corrected chi connectivity index (χ4v) is 6.01. The number of aromatic nitrogens is 1. The van der Waals surface area contributed by atoms with E-state index >= 15 is 0 Å². The van der Waals surface area contributed by atoms with Gasteiger partial charge >= 0.3 is 5.97 Å². The van der Waals surface area contributed by atoms with Gasteiger partial charge in [0.15, 0.2) is 16.3 Å². The number of allylic oxidation sites excluding steroid dienone is 1. The van der Waals surface area contributed by atoms with Gasteiger partial charge in [-0.2, -0.15) is 0 Å². The molecule has 5 rings (SSSR count). The highest BCUT2D eigenvalue weighted by Gasteiger charge is 2.34. The van der Waals surface area contributed by atoms with Gasteiger partial charge in [0.1, 0.15) is 18.2 Å². The normalized spacial score (nSPS) is 14.6. The number of benzene rings is 3. The van der Waals surface area contributed by atoms with Crippen molar-refractivity contribution in [2.45, 2.75) is 40.3 Å². The van der Waals surface area contributed by atoms with Gasteiger partial charge in [-0.05, 0) is 75.2 Å². The van der Waals surface area contributed by atoms with Crippen LogP contribution in [0.2, 0.25) is 0 Å². The Bertz CT molecular complexity index is 1890. The van der Waals surface area contributed by atoms with Crippen molar-refractivity contribution in [1.82, 2.24) is 4.57 Å². The van der Waals surface area contributed by atoms with Crippen LogP contribution in [0.15, 0.2) is 87.8 Å². The number of carbonyl (C=O) groups is 1. The summed E-state index contributed by atoms with van der Waals surface area (Å²) in [4.78, 5) is 32.4. The van der Waals surface area contributed by atoms with Crippen LogP contribution in [-0.2, 0) is 16.1 Å². The summed E-state index contributed by atoms with van der Waals surface area (Å²) in [6.45, 7) is 8.35. The second kappa shape index (κ2) is 13.7. The molecule has 0 radical (unpaired) electrons. The third kappa shape index (κ3) is 6.45. The molecule has 0 saturated carbocycles. The lowest BCUT2D eigenvalue weighted by Crippen LogP contribution is -2.40. The van der Waals surface area contributed by atoms with E-state index in [1.165, 1.54) is 22.0 Å². The van der Waals surface area contributed by atoms with Crippen LogP contribution in [0.5, 0.6) is 17.2 Å². The summed E-state index contributed by atoms with van der Waals surface area (Å²) in [5, 5.41) is 0. The SMILES string of the molecule is CCOC(=O)C1=C(C)N=c2s/c(=C\c3cccc(OCc4ccccc4F)c3)c(=O)n2[C@H]1c1ccc(OCC)c(OCC)c1. The minimum Gasteiger partial charge on any atom is -0.490 e. The average Bonchev–Trinajstić information content (AvgIpc) is 3.31. The van der Waals surface area contributed by atoms with Crippen molar-refractivity contribution in [3.63, 3.8) is 0 Å². The molecule has 0 N–H and O–H groups in total. The van der Waals surface area contributed by atoms with Gasteiger partial charge in [0.25, 0.3) is 5.56 Å². The molecule has 0 spiro atoms. The number of fused-ring (bicyclic) bond motifs is 1. The second-order valence-corrected chi connectivity index (χ2v) is 10.8. The maximum Gasteiger partial charge on any atom is 0.338 e. The van der Waals surface area contributed by atoms with Crippen LogP contribution in [-0.4, -0.2) is 30.4 Å². The molecule has 2 heterocycles. The van der Waals surface area contributed by atoms with E-state index < -0.39 is 12.0 Å². The number of thiazole rings is 1. The smallest absolute Gasteiger partial charge is 0.338 e. The number of ether oxygens (including phenoxy) is 4. The quantitative estimate of drug-likeness (QED) is 0.212. The molecule has 44 heavy (non-hydrogen) atoms. The van der Waals surface area contributed by atoms with E-state index in [2.05, 4.69) is 4.99 Å². The minimum absolute atomic E-state index is 0.0695. The Labute approximate surface area is 258 Å². The van der Waals surface area contributed by atoms with Crippen molar-refractivity contribution in [2.75, 3.05) is 19.8 Å². The first kappa shape index (κ1) is 30.7. The summed E-state index contributed by atoms with van der Waals surface area (Å²) in [6, 6.07) is 18.3. The molecule has 1 atom stereocenters. The van der Waals surface area contributed by atoms with Crippen molar-refractivity contribution in [2.24, 2.45) is 4.99 Å². The minimum atomic E-state index is -0.794. The zero-order chi connectivity index (χ0) is 31.2. The van der Waals surface area contributed by atoms with Gasteiger partial charge in [0, 0.05) is 5.56 Å². The molecular formula is C34H33FN2O6S. The summed E-state index contributed by atoms with van der Waals surface area (Å²) in [6.07, 6.45) is 1.75. The molecule has 1 aliphatic heterocycles. The Morgan fingerprint density at radius 2 is 1.73 bits per heavy atom. The molecule has 10 heteroatoms. The van der Waals surface area contributed by atoms with E-state index in [4.69, 9.17) is 18.9 Å². The molecule has 0 amide bonds. The van der Waals surface area contributed by atoms with Crippen molar-refractivity contribution in [1.29, 1.82) is 0 Å². The van der Waals surface area contributed by atoms with Crippen molar-refractivity contribution in [3.05, 3.63) is 120 Å². The lowest BCUT2D eigenvalue weighted by atomic mass is 9.95. The third-order valence-corrected chi connectivity index (χ3v) is 7.89. The van der Waals surface area contributed by atoms with Crippen LogP contribution in [0.1, 0.15) is 50.4 Å². The van der Waals surface area contributed by atoms with Crippen LogP contribution in [0.3, 0.4) is 0 Å². The zero-order valence-corrected chi connectivity index (χ0v) is 25.8. The fourth-order valence-electron chi connectivity index (χ4n) is 4.97. The summed E-state index contributed by atoms with van der Waals surface area (Å²) >= 11 is 1.23. The van der Waals surface area contributed by atoms with Gasteiger partial charge in [-0.15, -0.1) is 0 Å². The predicted molar refractivity (Wildman–Crippen MR) is 166 cm³/mol. The first-order valence-electron chi connectivity index (χ1n) is 14.4. The van der Waals surface area contributed by atoms with Gasteiger partial charge in [0.2, 0.25) is 0 Å². The van der Waals surface area contributed by atoms with E-state index in [1.54, 1.807) is 68.5 Å². The lowest BCUT2D eigenvalue weighted by molar-refractivity contribution is -0.139. The summed E-state index contributed by atoms with van der Waals surface area (Å²) < 4.78 is 38.8. The maximum atomic E-state index is 14.1. The Balaban J connectivity index is 1.58. The predicted octanol–water partition coefficient (Wildman–Crippen LogP) is 5.31. The molecule has 1 aromatic heterocycles. The first-order valence-corrected chi connectivity index (χ1v) is 15.2. The van der Waals surface area contributed by atoms with Crippen LogP contribution in [0, 0.1) is 5.82 Å². The molecule has 0 bridgehead atoms. The number of carbonyl (C=O) groups excluding carboxylic acids is 1. The Morgan fingerprint density at radius 1 is 0.955 bits per heavy atom. The average molecular weight is 617 g/mol. The molecule has 0 fully saturated rings. The van der Waals surface area contributed by atoms with E-state index in [1.807, 2.05) is 26.0 Å². The standard InChI is InChI=1S/C34H33FN2O6S/c1-5-40-27-16-15-23(19-28(27)41-6-2)31-30(33(39)42-7-3)21(4)36-34-37(31)32(38)29(44-34)18-22-11-10-13-25(17-22)43-20-24-12-8-9-14-26(24)35/h8-19,31H,5-7,20H2,1-4H3/b29-18-/t31-/m0/s1. The molecule has 0 saturated heterocycles. The molecule has 4 aromatic rings. The molecule has 3 aromatic carbocycles.